The molecular weight excluding hydrogens is 354 g/mol. The molecule has 0 saturated carbocycles. The van der Waals surface area contributed by atoms with Crippen LogP contribution in [-0.4, -0.2) is 75.1 Å². The second-order valence-corrected chi connectivity index (χ2v) is 7.96. The van der Waals surface area contributed by atoms with Crippen molar-refractivity contribution in [1.82, 2.24) is 24.8 Å². The molecule has 2 fully saturated rings. The van der Waals surface area contributed by atoms with E-state index in [1.807, 2.05) is 17.0 Å². The fraction of sp³-hybridized carbons (Fsp3) is 0.524. The summed E-state index contributed by atoms with van der Waals surface area (Å²) in [6.07, 6.45) is 10.8. The number of hydrogen-bond acceptors (Lipinski definition) is 6. The topological polar surface area (TPSA) is 82.5 Å². The van der Waals surface area contributed by atoms with E-state index in [-0.39, 0.29) is 17.9 Å². The predicted molar refractivity (Wildman–Crippen MR) is 106 cm³/mol. The van der Waals surface area contributed by atoms with Crippen LogP contribution < -0.4 is 0 Å². The summed E-state index contributed by atoms with van der Waals surface area (Å²) >= 11 is 0. The van der Waals surface area contributed by atoms with Gasteiger partial charge in [0.25, 0.3) is 5.91 Å². The quantitative estimate of drug-likeness (QED) is 0.851. The molecule has 0 radical (unpaired) electrons. The standard InChI is InChI=1S/C21H27N5O2/c27-16-21(15-25-9-1-2-10-25)5-11-26(12-6-21)20(28)18-13-23-19(24-14-18)17-3-7-22-8-4-17/h3-4,7-8,13-14,27H,1-2,5-6,9-12,15-16H2. The number of piperidine rings is 1. The monoisotopic (exact) mass is 381 g/mol. The maximum Gasteiger partial charge on any atom is 0.256 e. The third-order valence-electron chi connectivity index (χ3n) is 6.04. The van der Waals surface area contributed by atoms with Crippen LogP contribution in [0.1, 0.15) is 36.0 Å². The molecule has 4 heterocycles. The van der Waals surface area contributed by atoms with E-state index in [1.54, 1.807) is 24.8 Å². The highest BCUT2D eigenvalue weighted by Crippen LogP contribution is 2.33. The van der Waals surface area contributed by atoms with Crippen molar-refractivity contribution in [2.45, 2.75) is 25.7 Å². The van der Waals surface area contributed by atoms with Gasteiger partial charge in [0.1, 0.15) is 0 Å². The summed E-state index contributed by atoms with van der Waals surface area (Å²) in [4.78, 5) is 29.9. The molecule has 0 spiro atoms. The normalized spacial score (nSPS) is 19.7. The van der Waals surface area contributed by atoms with Gasteiger partial charge in [-0.25, -0.2) is 9.97 Å². The highest BCUT2D eigenvalue weighted by molar-refractivity contribution is 5.93. The fourth-order valence-corrected chi connectivity index (χ4v) is 4.24. The van der Waals surface area contributed by atoms with Gasteiger partial charge in [0.2, 0.25) is 0 Å². The summed E-state index contributed by atoms with van der Waals surface area (Å²) in [7, 11) is 0. The molecule has 2 saturated heterocycles. The van der Waals surface area contributed by atoms with Crippen molar-refractivity contribution in [3.05, 3.63) is 42.5 Å². The molecule has 0 aliphatic carbocycles. The Hall–Kier alpha value is -2.38. The van der Waals surface area contributed by atoms with Crippen LogP contribution in [0, 0.1) is 5.41 Å². The minimum Gasteiger partial charge on any atom is -0.396 e. The number of carbonyl (C=O) groups is 1. The number of aliphatic hydroxyl groups is 1. The molecule has 1 N–H and O–H groups in total. The van der Waals surface area contributed by atoms with Crippen molar-refractivity contribution in [2.75, 3.05) is 39.3 Å². The zero-order chi connectivity index (χ0) is 19.4. The summed E-state index contributed by atoms with van der Waals surface area (Å²) in [6.45, 7) is 4.72. The van der Waals surface area contributed by atoms with Crippen LogP contribution in [-0.2, 0) is 0 Å². The van der Waals surface area contributed by atoms with Crippen LogP contribution in [0.2, 0.25) is 0 Å². The Balaban J connectivity index is 1.38. The Morgan fingerprint density at radius 1 is 1.04 bits per heavy atom. The number of rotatable bonds is 5. The summed E-state index contributed by atoms with van der Waals surface area (Å²) in [5.74, 6) is 0.552. The molecule has 7 nitrogen and oxygen atoms in total. The van der Waals surface area contributed by atoms with E-state index in [0.717, 1.165) is 38.0 Å². The van der Waals surface area contributed by atoms with Crippen LogP contribution in [0.25, 0.3) is 11.4 Å². The van der Waals surface area contributed by atoms with Crippen molar-refractivity contribution in [2.24, 2.45) is 5.41 Å². The molecule has 1 amide bonds. The highest BCUT2D eigenvalue weighted by atomic mass is 16.3. The summed E-state index contributed by atoms with van der Waals surface area (Å²) in [5, 5.41) is 10.0. The van der Waals surface area contributed by atoms with Crippen LogP contribution in [0.3, 0.4) is 0 Å². The average Bonchev–Trinajstić information content (AvgIpc) is 3.27. The van der Waals surface area contributed by atoms with Gasteiger partial charge in [-0.15, -0.1) is 0 Å². The molecule has 7 heteroatoms. The van der Waals surface area contributed by atoms with E-state index in [1.165, 1.54) is 12.8 Å². The molecule has 0 bridgehead atoms. The minimum atomic E-state index is -0.0805. The fourth-order valence-electron chi connectivity index (χ4n) is 4.24. The largest absolute Gasteiger partial charge is 0.396 e. The minimum absolute atomic E-state index is 0.0333. The molecule has 0 atom stereocenters. The molecule has 0 unspecified atom stereocenters. The van der Waals surface area contributed by atoms with E-state index in [0.29, 0.717) is 24.5 Å². The molecule has 2 aliphatic heterocycles. The van der Waals surface area contributed by atoms with E-state index in [2.05, 4.69) is 19.9 Å². The van der Waals surface area contributed by atoms with Gasteiger partial charge in [-0.2, -0.15) is 0 Å². The van der Waals surface area contributed by atoms with Crippen molar-refractivity contribution >= 4 is 5.91 Å². The first-order valence-corrected chi connectivity index (χ1v) is 10.0. The molecular formula is C21H27N5O2. The molecule has 0 aromatic carbocycles. The zero-order valence-corrected chi connectivity index (χ0v) is 16.1. The number of nitrogens with zero attached hydrogens (tertiary/aromatic N) is 5. The van der Waals surface area contributed by atoms with Gasteiger partial charge in [-0.1, -0.05) is 0 Å². The van der Waals surface area contributed by atoms with Crippen molar-refractivity contribution in [3.8, 4) is 11.4 Å². The Morgan fingerprint density at radius 3 is 2.29 bits per heavy atom. The summed E-state index contributed by atoms with van der Waals surface area (Å²) < 4.78 is 0. The summed E-state index contributed by atoms with van der Waals surface area (Å²) in [5.41, 5.74) is 1.30. The number of pyridine rings is 1. The lowest BCUT2D eigenvalue weighted by Gasteiger charge is -2.42. The van der Waals surface area contributed by atoms with Crippen LogP contribution >= 0.6 is 0 Å². The van der Waals surface area contributed by atoms with Crippen molar-refractivity contribution in [1.29, 1.82) is 0 Å². The van der Waals surface area contributed by atoms with Gasteiger partial charge < -0.3 is 14.9 Å². The maximum absolute atomic E-state index is 12.9. The Bertz CT molecular complexity index is 782. The van der Waals surface area contributed by atoms with Crippen LogP contribution in [0.5, 0.6) is 0 Å². The van der Waals surface area contributed by atoms with Gasteiger partial charge in [0.15, 0.2) is 5.82 Å². The maximum atomic E-state index is 12.9. The second-order valence-electron chi connectivity index (χ2n) is 7.96. The summed E-state index contributed by atoms with van der Waals surface area (Å²) in [6, 6.07) is 3.69. The SMILES string of the molecule is O=C(c1cnc(-c2ccncc2)nc1)N1CCC(CO)(CN2CCCC2)CC1. The zero-order valence-electron chi connectivity index (χ0n) is 16.1. The smallest absolute Gasteiger partial charge is 0.256 e. The molecule has 4 rings (SSSR count). The molecule has 28 heavy (non-hydrogen) atoms. The number of amides is 1. The van der Waals surface area contributed by atoms with Gasteiger partial charge >= 0.3 is 0 Å². The Morgan fingerprint density at radius 2 is 1.68 bits per heavy atom. The average molecular weight is 381 g/mol. The van der Waals surface area contributed by atoms with Gasteiger partial charge in [0, 0.05) is 55.4 Å². The number of likely N-dealkylation sites (tertiary alicyclic amines) is 2. The third kappa shape index (κ3) is 4.05. The first-order chi connectivity index (χ1) is 13.7. The lowest BCUT2D eigenvalue weighted by atomic mass is 9.78. The van der Waals surface area contributed by atoms with Crippen molar-refractivity contribution < 1.29 is 9.90 Å². The Kier molecular flexibility index (Phi) is 5.64. The van der Waals surface area contributed by atoms with Gasteiger partial charge in [0.05, 0.1) is 12.2 Å². The van der Waals surface area contributed by atoms with E-state index in [4.69, 9.17) is 0 Å². The van der Waals surface area contributed by atoms with Crippen LogP contribution in [0.15, 0.2) is 36.9 Å². The number of carbonyl (C=O) groups excluding carboxylic acids is 1. The first-order valence-electron chi connectivity index (χ1n) is 10.0. The first kappa shape index (κ1) is 19.0. The third-order valence-corrected chi connectivity index (χ3v) is 6.04. The predicted octanol–water partition coefficient (Wildman–Crippen LogP) is 1.85. The van der Waals surface area contributed by atoms with Gasteiger partial charge in [-0.3, -0.25) is 9.78 Å². The second kappa shape index (κ2) is 8.32. The Labute approximate surface area is 165 Å². The molecule has 148 valence electrons. The number of aromatic nitrogens is 3. The molecule has 2 aliphatic rings. The number of hydrogen-bond donors (Lipinski definition) is 1. The number of aliphatic hydroxyl groups excluding tert-OH is 1. The molecule has 2 aromatic heterocycles. The van der Waals surface area contributed by atoms with Crippen LogP contribution in [0.4, 0.5) is 0 Å². The highest BCUT2D eigenvalue weighted by Gasteiger charge is 2.37. The van der Waals surface area contributed by atoms with E-state index in [9.17, 15) is 9.90 Å². The molecule has 2 aromatic rings. The van der Waals surface area contributed by atoms with E-state index < -0.39 is 0 Å². The van der Waals surface area contributed by atoms with E-state index >= 15 is 0 Å². The lowest BCUT2D eigenvalue weighted by Crippen LogP contribution is -2.49. The lowest BCUT2D eigenvalue weighted by molar-refractivity contribution is 0.0179. The van der Waals surface area contributed by atoms with Gasteiger partial charge in [-0.05, 0) is 50.9 Å². The van der Waals surface area contributed by atoms with Crippen molar-refractivity contribution in [3.63, 3.8) is 0 Å².